The molecule has 0 rings (SSSR count). The van der Waals surface area contributed by atoms with E-state index in [1.54, 1.807) is 0 Å². The van der Waals surface area contributed by atoms with Crippen molar-refractivity contribution in [2.24, 2.45) is 11.7 Å². The summed E-state index contributed by atoms with van der Waals surface area (Å²) in [6.07, 6.45) is 0.860. The minimum Gasteiger partial charge on any atom is -0.387 e. The fraction of sp³-hybridized carbons (Fsp3) is 0.800. The van der Waals surface area contributed by atoms with Crippen LogP contribution in [0, 0.1) is 11.3 Å². The molecule has 1 atom stereocenters. The summed E-state index contributed by atoms with van der Waals surface area (Å²) >= 11 is 5.44. The van der Waals surface area contributed by atoms with Crippen LogP contribution >= 0.6 is 11.6 Å². The zero-order valence-electron chi connectivity index (χ0n) is 4.95. The van der Waals surface area contributed by atoms with Gasteiger partial charge in [-0.05, 0) is 6.42 Å². The molecule has 3 N–H and O–H groups in total. The highest BCUT2D eigenvalue weighted by Gasteiger charge is 2.05. The van der Waals surface area contributed by atoms with Crippen LogP contribution in [0.5, 0.6) is 0 Å². The van der Waals surface area contributed by atoms with Crippen molar-refractivity contribution < 1.29 is 0 Å². The molecule has 8 heavy (non-hydrogen) atoms. The van der Waals surface area contributed by atoms with Crippen LogP contribution in [0.3, 0.4) is 0 Å². The van der Waals surface area contributed by atoms with E-state index in [1.807, 2.05) is 6.92 Å². The molecular formula is C5H11ClN2. The molecule has 0 aromatic rings. The van der Waals surface area contributed by atoms with E-state index in [-0.39, 0.29) is 11.8 Å². The average Bonchev–Trinajstić information content (AvgIpc) is 1.69. The summed E-state index contributed by atoms with van der Waals surface area (Å²) < 4.78 is 0. The van der Waals surface area contributed by atoms with Gasteiger partial charge >= 0.3 is 0 Å². The fourth-order valence-corrected chi connectivity index (χ4v) is 0.797. The van der Waals surface area contributed by atoms with Gasteiger partial charge in [-0.2, -0.15) is 0 Å². The van der Waals surface area contributed by atoms with Crippen molar-refractivity contribution in [3.63, 3.8) is 0 Å². The maximum Gasteiger partial charge on any atom is 0.0948 e. The van der Waals surface area contributed by atoms with Crippen molar-refractivity contribution in [1.29, 1.82) is 5.41 Å². The van der Waals surface area contributed by atoms with Crippen molar-refractivity contribution in [1.82, 2.24) is 0 Å². The van der Waals surface area contributed by atoms with E-state index in [4.69, 9.17) is 22.7 Å². The number of halogens is 1. The van der Waals surface area contributed by atoms with Gasteiger partial charge in [-0.1, -0.05) is 6.92 Å². The molecule has 0 saturated carbocycles. The van der Waals surface area contributed by atoms with Gasteiger partial charge in [0.1, 0.15) is 0 Å². The summed E-state index contributed by atoms with van der Waals surface area (Å²) in [5, 5.41) is 6.94. The van der Waals surface area contributed by atoms with Gasteiger partial charge < -0.3 is 5.73 Å². The van der Waals surface area contributed by atoms with E-state index in [9.17, 15) is 0 Å². The predicted octanol–water partition coefficient (Wildman–Crippen LogP) is 1.19. The van der Waals surface area contributed by atoms with Crippen LogP contribution < -0.4 is 5.73 Å². The molecule has 0 bridgehead atoms. The van der Waals surface area contributed by atoms with Crippen molar-refractivity contribution >= 4 is 17.4 Å². The molecule has 0 aliphatic carbocycles. The molecule has 0 saturated heterocycles. The molecule has 0 spiro atoms. The van der Waals surface area contributed by atoms with Crippen LogP contribution in [-0.4, -0.2) is 11.7 Å². The standard InChI is InChI=1S/C5H11ClN2/c1-2-4(3-6)5(7)8/h4H,2-3H2,1H3,(H3,7,8). The molecule has 0 amide bonds. The zero-order valence-corrected chi connectivity index (χ0v) is 5.70. The summed E-state index contributed by atoms with van der Waals surface area (Å²) in [5.41, 5.74) is 5.16. The molecule has 0 aromatic carbocycles. The van der Waals surface area contributed by atoms with Crippen LogP contribution in [0.4, 0.5) is 0 Å². The number of hydrogen-bond acceptors (Lipinski definition) is 1. The van der Waals surface area contributed by atoms with Gasteiger partial charge in [0.25, 0.3) is 0 Å². The van der Waals surface area contributed by atoms with Crippen LogP contribution in [0.15, 0.2) is 0 Å². The lowest BCUT2D eigenvalue weighted by molar-refractivity contribution is 0.735. The largest absolute Gasteiger partial charge is 0.387 e. The second-order valence-electron chi connectivity index (χ2n) is 1.71. The molecule has 0 radical (unpaired) electrons. The second-order valence-corrected chi connectivity index (χ2v) is 2.02. The molecule has 0 aliphatic rings. The third-order valence-electron chi connectivity index (χ3n) is 1.12. The van der Waals surface area contributed by atoms with Crippen LogP contribution in [0.25, 0.3) is 0 Å². The fourth-order valence-electron chi connectivity index (χ4n) is 0.412. The molecule has 48 valence electrons. The number of nitrogens with one attached hydrogen (secondary N) is 1. The van der Waals surface area contributed by atoms with Gasteiger partial charge in [-0.15, -0.1) is 11.6 Å². The third-order valence-corrected chi connectivity index (χ3v) is 1.49. The smallest absolute Gasteiger partial charge is 0.0948 e. The topological polar surface area (TPSA) is 49.9 Å². The lowest BCUT2D eigenvalue weighted by Crippen LogP contribution is -2.22. The lowest BCUT2D eigenvalue weighted by atomic mass is 10.1. The Balaban J connectivity index is 3.52. The predicted molar refractivity (Wildman–Crippen MR) is 36.4 cm³/mol. The Morgan fingerprint density at radius 2 is 2.38 bits per heavy atom. The number of rotatable bonds is 3. The molecule has 0 aromatic heterocycles. The van der Waals surface area contributed by atoms with Crippen LogP contribution in [0.1, 0.15) is 13.3 Å². The van der Waals surface area contributed by atoms with Crippen molar-refractivity contribution in [3.8, 4) is 0 Å². The van der Waals surface area contributed by atoms with Gasteiger partial charge in [-0.3, -0.25) is 5.41 Å². The average molecular weight is 135 g/mol. The maximum atomic E-state index is 6.94. The van der Waals surface area contributed by atoms with Gasteiger partial charge in [0.2, 0.25) is 0 Å². The van der Waals surface area contributed by atoms with Crippen LogP contribution in [0.2, 0.25) is 0 Å². The minimum atomic E-state index is 0.0802. The highest BCUT2D eigenvalue weighted by Crippen LogP contribution is 2.02. The number of amidine groups is 1. The van der Waals surface area contributed by atoms with E-state index in [1.165, 1.54) is 0 Å². The lowest BCUT2D eigenvalue weighted by Gasteiger charge is -2.06. The van der Waals surface area contributed by atoms with E-state index in [2.05, 4.69) is 0 Å². The molecule has 3 heteroatoms. The first-order chi connectivity index (χ1) is 3.72. The highest BCUT2D eigenvalue weighted by molar-refractivity contribution is 6.19. The van der Waals surface area contributed by atoms with Crippen molar-refractivity contribution in [2.75, 3.05) is 5.88 Å². The Kier molecular flexibility index (Phi) is 3.61. The minimum absolute atomic E-state index is 0.0802. The first-order valence-electron chi connectivity index (χ1n) is 2.62. The Hall–Kier alpha value is -0.240. The Bertz CT molecular complexity index is 78.5. The maximum absolute atomic E-state index is 6.94. The summed E-state index contributed by atoms with van der Waals surface area (Å²) in [7, 11) is 0. The normalized spacial score (nSPS) is 13.2. The quantitative estimate of drug-likeness (QED) is 0.340. The molecule has 0 heterocycles. The van der Waals surface area contributed by atoms with Gasteiger partial charge in [-0.25, -0.2) is 0 Å². The molecule has 0 fully saturated rings. The first-order valence-corrected chi connectivity index (χ1v) is 3.15. The summed E-state index contributed by atoms with van der Waals surface area (Å²) in [4.78, 5) is 0. The third kappa shape index (κ3) is 2.17. The van der Waals surface area contributed by atoms with Crippen molar-refractivity contribution in [3.05, 3.63) is 0 Å². The van der Waals surface area contributed by atoms with E-state index < -0.39 is 0 Å². The van der Waals surface area contributed by atoms with E-state index in [0.717, 1.165) is 6.42 Å². The summed E-state index contributed by atoms with van der Waals surface area (Å²) in [6.45, 7) is 1.97. The number of hydrogen-bond donors (Lipinski definition) is 2. The van der Waals surface area contributed by atoms with Crippen molar-refractivity contribution in [2.45, 2.75) is 13.3 Å². The Morgan fingerprint density at radius 1 is 1.88 bits per heavy atom. The molecular weight excluding hydrogens is 124 g/mol. The van der Waals surface area contributed by atoms with Gasteiger partial charge in [0.05, 0.1) is 5.84 Å². The monoisotopic (exact) mass is 134 g/mol. The Labute approximate surface area is 54.5 Å². The molecule has 1 unspecified atom stereocenters. The SMILES string of the molecule is CCC(CCl)C(=N)N. The molecule has 2 nitrogen and oxygen atoms in total. The first kappa shape index (κ1) is 7.76. The van der Waals surface area contributed by atoms with E-state index >= 15 is 0 Å². The zero-order chi connectivity index (χ0) is 6.57. The number of alkyl halides is 1. The molecule has 0 aliphatic heterocycles. The highest BCUT2D eigenvalue weighted by atomic mass is 35.5. The van der Waals surface area contributed by atoms with E-state index in [0.29, 0.717) is 5.88 Å². The van der Waals surface area contributed by atoms with Gasteiger partial charge in [0.15, 0.2) is 0 Å². The number of nitrogens with two attached hydrogens (primary N) is 1. The van der Waals surface area contributed by atoms with Crippen LogP contribution in [-0.2, 0) is 0 Å². The van der Waals surface area contributed by atoms with Gasteiger partial charge in [0, 0.05) is 11.8 Å². The second kappa shape index (κ2) is 3.72. The Morgan fingerprint density at radius 3 is 2.38 bits per heavy atom. The summed E-state index contributed by atoms with van der Waals surface area (Å²) in [6, 6.07) is 0. The summed E-state index contributed by atoms with van der Waals surface area (Å²) in [5.74, 6) is 0.741.